The van der Waals surface area contributed by atoms with Crippen molar-refractivity contribution in [1.29, 1.82) is 0 Å². The zero-order chi connectivity index (χ0) is 24.6. The molecule has 1 aliphatic rings. The number of nitrogens with zero attached hydrogens (tertiary/aromatic N) is 2. The topological polar surface area (TPSA) is 92.3 Å². The summed E-state index contributed by atoms with van der Waals surface area (Å²) in [6, 6.07) is 8.08. The lowest BCUT2D eigenvalue weighted by Gasteiger charge is -2.26. The number of methoxy groups -OCH3 is 2. The molecule has 1 atom stereocenters. The molecule has 0 saturated heterocycles. The Labute approximate surface area is 200 Å². The van der Waals surface area contributed by atoms with E-state index in [1.807, 2.05) is 13.0 Å². The van der Waals surface area contributed by atoms with Crippen molar-refractivity contribution in [2.45, 2.75) is 39.8 Å². The van der Waals surface area contributed by atoms with Crippen LogP contribution in [0.25, 0.3) is 6.08 Å². The molecule has 1 unspecified atom stereocenters. The van der Waals surface area contributed by atoms with Crippen molar-refractivity contribution in [1.82, 2.24) is 4.57 Å². The molecular weight excluding hydrogens is 456 g/mol. The van der Waals surface area contributed by atoms with Gasteiger partial charge in [-0.25, -0.2) is 9.79 Å². The average Bonchev–Trinajstić information content (AvgIpc) is 3.34. The first kappa shape index (κ1) is 23.6. The van der Waals surface area contributed by atoms with Crippen LogP contribution in [0.4, 0.5) is 0 Å². The van der Waals surface area contributed by atoms with E-state index in [1.165, 1.54) is 23.0 Å². The fourth-order valence-corrected chi connectivity index (χ4v) is 4.89. The standard InChI is InChI=1S/C25H26N2O6S/c1-13(2)32-24(29)21-15(4)26-25-27(22(21)18-11-16(30-5)9-10-19(18)31-6)23(28)20(34-25)12-17-8-7-14(3)33-17/h7-13,22H,1-6H3/b20-12-. The number of carbonyl (C=O) groups excluding carboxylic acids is 1. The smallest absolute Gasteiger partial charge is 0.338 e. The van der Waals surface area contributed by atoms with E-state index in [1.54, 1.807) is 58.2 Å². The molecule has 3 aromatic rings. The van der Waals surface area contributed by atoms with Crippen molar-refractivity contribution in [2.24, 2.45) is 4.99 Å². The van der Waals surface area contributed by atoms with E-state index in [2.05, 4.69) is 4.99 Å². The number of esters is 1. The second-order valence-electron chi connectivity index (χ2n) is 8.09. The van der Waals surface area contributed by atoms with E-state index >= 15 is 0 Å². The molecule has 3 heterocycles. The average molecular weight is 483 g/mol. The second-order valence-corrected chi connectivity index (χ2v) is 9.10. The Kier molecular flexibility index (Phi) is 6.47. The van der Waals surface area contributed by atoms with Crippen molar-refractivity contribution < 1.29 is 23.4 Å². The lowest BCUT2D eigenvalue weighted by atomic mass is 9.94. The summed E-state index contributed by atoms with van der Waals surface area (Å²) in [4.78, 5) is 31.9. The first-order valence-electron chi connectivity index (χ1n) is 10.8. The molecule has 2 aromatic heterocycles. The summed E-state index contributed by atoms with van der Waals surface area (Å²) in [6.07, 6.45) is 1.34. The normalized spacial score (nSPS) is 15.9. The number of furan rings is 1. The van der Waals surface area contributed by atoms with Gasteiger partial charge in [-0.05, 0) is 58.0 Å². The van der Waals surface area contributed by atoms with Crippen LogP contribution in [0.1, 0.15) is 43.9 Å². The highest BCUT2D eigenvalue weighted by atomic mass is 32.1. The number of ether oxygens (including phenoxy) is 3. The van der Waals surface area contributed by atoms with E-state index in [-0.39, 0.29) is 17.2 Å². The quantitative estimate of drug-likeness (QED) is 0.502. The highest BCUT2D eigenvalue weighted by molar-refractivity contribution is 7.07. The van der Waals surface area contributed by atoms with Crippen LogP contribution in [-0.4, -0.2) is 30.9 Å². The SMILES string of the molecule is COc1ccc(OC)c(C2C(C(=O)OC(C)C)=C(C)N=c3s/c(=C\c4ccc(C)o4)c(=O)n32)c1. The molecule has 0 aliphatic carbocycles. The number of hydrogen-bond acceptors (Lipinski definition) is 8. The highest BCUT2D eigenvalue weighted by Crippen LogP contribution is 2.38. The first-order chi connectivity index (χ1) is 16.2. The summed E-state index contributed by atoms with van der Waals surface area (Å²) in [6.45, 7) is 7.12. The summed E-state index contributed by atoms with van der Waals surface area (Å²) in [5.41, 5.74) is 1.04. The third-order valence-electron chi connectivity index (χ3n) is 5.35. The Balaban J connectivity index is 2.01. The Morgan fingerprint density at radius 2 is 1.94 bits per heavy atom. The fraction of sp³-hybridized carbons (Fsp3) is 0.320. The molecule has 8 nitrogen and oxygen atoms in total. The van der Waals surface area contributed by atoms with E-state index < -0.39 is 12.0 Å². The molecule has 1 aromatic carbocycles. The monoisotopic (exact) mass is 482 g/mol. The molecule has 9 heteroatoms. The number of aromatic nitrogens is 1. The largest absolute Gasteiger partial charge is 0.497 e. The fourth-order valence-electron chi connectivity index (χ4n) is 3.87. The van der Waals surface area contributed by atoms with Crippen LogP contribution in [0, 0.1) is 6.92 Å². The molecule has 34 heavy (non-hydrogen) atoms. The first-order valence-corrected chi connectivity index (χ1v) is 11.6. The van der Waals surface area contributed by atoms with Crippen molar-refractivity contribution >= 4 is 23.4 Å². The molecule has 1 aliphatic heterocycles. The van der Waals surface area contributed by atoms with E-state index in [0.29, 0.717) is 37.9 Å². The third kappa shape index (κ3) is 4.31. The Hall–Kier alpha value is -3.59. The summed E-state index contributed by atoms with van der Waals surface area (Å²) in [5, 5.41) is 0. The second kappa shape index (κ2) is 9.34. The number of allylic oxidation sites excluding steroid dienone is 1. The van der Waals surface area contributed by atoms with Crippen molar-refractivity contribution in [3.63, 3.8) is 0 Å². The van der Waals surface area contributed by atoms with E-state index in [0.717, 1.165) is 5.76 Å². The molecule has 0 radical (unpaired) electrons. The van der Waals surface area contributed by atoms with Crippen molar-refractivity contribution in [3.8, 4) is 11.5 Å². The molecule has 0 saturated carbocycles. The number of thiazole rings is 1. The number of fused-ring (bicyclic) bond motifs is 1. The molecule has 0 spiro atoms. The van der Waals surface area contributed by atoms with Crippen LogP contribution in [0.3, 0.4) is 0 Å². The van der Waals surface area contributed by atoms with Gasteiger partial charge in [-0.2, -0.15) is 0 Å². The van der Waals surface area contributed by atoms with Gasteiger partial charge >= 0.3 is 5.97 Å². The van der Waals surface area contributed by atoms with Crippen LogP contribution in [-0.2, 0) is 9.53 Å². The number of aryl methyl sites for hydroxylation is 1. The van der Waals surface area contributed by atoms with Gasteiger partial charge in [0.25, 0.3) is 5.56 Å². The molecule has 0 fully saturated rings. The summed E-state index contributed by atoms with van der Waals surface area (Å²) < 4.78 is 24.1. The minimum atomic E-state index is -0.812. The molecule has 178 valence electrons. The summed E-state index contributed by atoms with van der Waals surface area (Å²) in [7, 11) is 3.09. The molecule has 4 rings (SSSR count). The van der Waals surface area contributed by atoms with Crippen LogP contribution < -0.4 is 24.4 Å². The maximum atomic E-state index is 13.7. The molecule has 0 bridgehead atoms. The highest BCUT2D eigenvalue weighted by Gasteiger charge is 2.35. The molecule has 0 N–H and O–H groups in total. The molecule has 0 amide bonds. The van der Waals surface area contributed by atoms with Gasteiger partial charge in [-0.15, -0.1) is 0 Å². The number of carbonyl (C=O) groups is 1. The lowest BCUT2D eigenvalue weighted by molar-refractivity contribution is -0.143. The van der Waals surface area contributed by atoms with Gasteiger partial charge in [0.15, 0.2) is 4.80 Å². The zero-order valence-corrected chi connectivity index (χ0v) is 20.7. The van der Waals surface area contributed by atoms with Gasteiger partial charge in [0, 0.05) is 11.6 Å². The van der Waals surface area contributed by atoms with Crippen LogP contribution in [0.2, 0.25) is 0 Å². The Morgan fingerprint density at radius 3 is 2.56 bits per heavy atom. The van der Waals surface area contributed by atoms with Crippen molar-refractivity contribution in [3.05, 3.63) is 78.4 Å². The predicted molar refractivity (Wildman–Crippen MR) is 128 cm³/mol. The minimum Gasteiger partial charge on any atom is -0.497 e. The Bertz CT molecular complexity index is 1460. The van der Waals surface area contributed by atoms with Gasteiger partial charge in [-0.3, -0.25) is 9.36 Å². The van der Waals surface area contributed by atoms with Gasteiger partial charge in [0.1, 0.15) is 29.1 Å². The van der Waals surface area contributed by atoms with Crippen LogP contribution >= 0.6 is 11.3 Å². The summed E-state index contributed by atoms with van der Waals surface area (Å²) in [5.74, 6) is 1.84. The van der Waals surface area contributed by atoms with Crippen LogP contribution in [0.15, 0.2) is 55.8 Å². The minimum absolute atomic E-state index is 0.271. The number of hydrogen-bond donors (Lipinski definition) is 0. The third-order valence-corrected chi connectivity index (χ3v) is 6.33. The zero-order valence-electron chi connectivity index (χ0n) is 19.9. The maximum Gasteiger partial charge on any atom is 0.338 e. The van der Waals surface area contributed by atoms with Gasteiger partial charge in [0.05, 0.1) is 36.1 Å². The van der Waals surface area contributed by atoms with Crippen molar-refractivity contribution in [2.75, 3.05) is 14.2 Å². The maximum absolute atomic E-state index is 13.7. The predicted octanol–water partition coefficient (Wildman–Crippen LogP) is 3.11. The summed E-state index contributed by atoms with van der Waals surface area (Å²) >= 11 is 1.23. The van der Waals surface area contributed by atoms with Gasteiger partial charge in [-0.1, -0.05) is 11.3 Å². The van der Waals surface area contributed by atoms with E-state index in [4.69, 9.17) is 18.6 Å². The van der Waals surface area contributed by atoms with Gasteiger partial charge < -0.3 is 18.6 Å². The molecular formula is C25H26N2O6S. The van der Waals surface area contributed by atoms with Crippen LogP contribution in [0.5, 0.6) is 11.5 Å². The Morgan fingerprint density at radius 1 is 1.18 bits per heavy atom. The lowest BCUT2D eigenvalue weighted by Crippen LogP contribution is -2.40. The number of rotatable bonds is 6. The van der Waals surface area contributed by atoms with E-state index in [9.17, 15) is 9.59 Å². The van der Waals surface area contributed by atoms with Gasteiger partial charge in [0.2, 0.25) is 0 Å². The number of benzene rings is 1.